The molecule has 0 aromatic heterocycles. The van der Waals surface area contributed by atoms with Crippen molar-refractivity contribution in [2.75, 3.05) is 13.7 Å². The van der Waals surface area contributed by atoms with Crippen LogP contribution in [-0.2, 0) is 12.6 Å². The average molecular weight is 313 g/mol. The normalized spacial score (nSPS) is 11.6. The molecule has 1 aromatic rings. The number of methoxy groups -OCH3 is 1. The minimum absolute atomic E-state index is 0.0506. The number of rotatable bonds is 4. The molecule has 0 amide bonds. The molecule has 0 saturated carbocycles. The van der Waals surface area contributed by atoms with Gasteiger partial charge in [-0.3, -0.25) is 0 Å². The molecule has 0 radical (unpaired) electrons. The molecule has 0 aliphatic rings. The molecule has 0 saturated heterocycles. The molecule has 0 fully saturated rings. The van der Waals surface area contributed by atoms with Crippen LogP contribution in [0.5, 0.6) is 5.75 Å². The number of hydrogen-bond acceptors (Lipinski definition) is 2. The lowest BCUT2D eigenvalue weighted by atomic mass is 10.1. The maximum absolute atomic E-state index is 12.8. The third kappa shape index (κ3) is 3.61. The number of hydrogen-bond donors (Lipinski definition) is 1. The van der Waals surface area contributed by atoms with E-state index in [9.17, 15) is 13.2 Å². The van der Waals surface area contributed by atoms with E-state index in [1.807, 2.05) is 0 Å². The van der Waals surface area contributed by atoms with Crippen LogP contribution in [0.15, 0.2) is 16.6 Å². The van der Waals surface area contributed by atoms with Gasteiger partial charge in [0.15, 0.2) is 0 Å². The van der Waals surface area contributed by atoms with Crippen LogP contribution in [0.2, 0.25) is 0 Å². The molecule has 1 N–H and O–H groups in total. The van der Waals surface area contributed by atoms with E-state index in [0.29, 0.717) is 18.4 Å². The summed E-state index contributed by atoms with van der Waals surface area (Å²) >= 11 is 3.06. The van der Waals surface area contributed by atoms with Gasteiger partial charge in [-0.1, -0.05) is 0 Å². The Kier molecular flexibility index (Phi) is 4.82. The largest absolute Gasteiger partial charge is 0.495 e. The molecule has 6 heteroatoms. The molecule has 0 unspecified atom stereocenters. The zero-order chi connectivity index (χ0) is 13.1. The zero-order valence-electron chi connectivity index (χ0n) is 9.14. The van der Waals surface area contributed by atoms with E-state index in [4.69, 9.17) is 9.84 Å². The highest BCUT2D eigenvalue weighted by Gasteiger charge is 2.35. The van der Waals surface area contributed by atoms with Crippen molar-refractivity contribution in [2.24, 2.45) is 0 Å². The summed E-state index contributed by atoms with van der Waals surface area (Å²) in [6.45, 7) is -0.0506. The van der Waals surface area contributed by atoms with Crippen molar-refractivity contribution in [2.45, 2.75) is 19.0 Å². The third-order valence-corrected chi connectivity index (χ3v) is 2.83. The van der Waals surface area contributed by atoms with Crippen LogP contribution in [0, 0.1) is 0 Å². The Morgan fingerprint density at radius 2 is 2.00 bits per heavy atom. The van der Waals surface area contributed by atoms with E-state index in [0.717, 1.165) is 6.07 Å². The Labute approximate surface area is 106 Å². The Morgan fingerprint density at radius 1 is 1.35 bits per heavy atom. The van der Waals surface area contributed by atoms with Crippen LogP contribution >= 0.6 is 15.9 Å². The fourth-order valence-corrected chi connectivity index (χ4v) is 2.16. The molecule has 0 aliphatic heterocycles. The maximum Gasteiger partial charge on any atom is 0.420 e. The van der Waals surface area contributed by atoms with Gasteiger partial charge in [0.05, 0.1) is 17.1 Å². The number of alkyl halides is 3. The first-order valence-electron chi connectivity index (χ1n) is 4.94. The van der Waals surface area contributed by atoms with Gasteiger partial charge in [0.2, 0.25) is 0 Å². The van der Waals surface area contributed by atoms with Crippen LogP contribution in [0.25, 0.3) is 0 Å². The molecule has 0 spiro atoms. The average Bonchev–Trinajstić information content (AvgIpc) is 2.24. The predicted molar refractivity (Wildman–Crippen MR) is 61.1 cm³/mol. The third-order valence-electron chi connectivity index (χ3n) is 2.24. The molecule has 0 atom stereocenters. The number of aliphatic hydroxyl groups is 1. The van der Waals surface area contributed by atoms with Crippen molar-refractivity contribution in [1.29, 1.82) is 0 Å². The first-order chi connectivity index (χ1) is 7.90. The smallest absolute Gasteiger partial charge is 0.420 e. The molecule has 0 aliphatic carbocycles. The van der Waals surface area contributed by atoms with Gasteiger partial charge in [0, 0.05) is 6.61 Å². The molecule has 96 valence electrons. The highest BCUT2D eigenvalue weighted by molar-refractivity contribution is 9.10. The highest BCUT2D eigenvalue weighted by atomic mass is 79.9. The SMILES string of the molecule is COc1c(Br)cc(CCCO)cc1C(F)(F)F. The summed E-state index contributed by atoms with van der Waals surface area (Å²) in [5.74, 6) is -0.217. The van der Waals surface area contributed by atoms with E-state index in [1.54, 1.807) is 6.07 Å². The van der Waals surface area contributed by atoms with Crippen LogP contribution in [0.4, 0.5) is 13.2 Å². The Hall–Kier alpha value is -0.750. The van der Waals surface area contributed by atoms with Gasteiger partial charge >= 0.3 is 6.18 Å². The van der Waals surface area contributed by atoms with Crippen molar-refractivity contribution < 1.29 is 23.0 Å². The molecular formula is C11H12BrF3O2. The quantitative estimate of drug-likeness (QED) is 0.923. The van der Waals surface area contributed by atoms with Gasteiger partial charge in [-0.2, -0.15) is 13.2 Å². The second kappa shape index (κ2) is 5.73. The van der Waals surface area contributed by atoms with Crippen molar-refractivity contribution in [3.05, 3.63) is 27.7 Å². The van der Waals surface area contributed by atoms with E-state index < -0.39 is 11.7 Å². The Morgan fingerprint density at radius 3 is 2.47 bits per heavy atom. The predicted octanol–water partition coefficient (Wildman–Crippen LogP) is 3.40. The van der Waals surface area contributed by atoms with E-state index >= 15 is 0 Å². The van der Waals surface area contributed by atoms with Crippen molar-refractivity contribution in [1.82, 2.24) is 0 Å². The van der Waals surface area contributed by atoms with Crippen LogP contribution in [0.1, 0.15) is 17.5 Å². The minimum atomic E-state index is -4.46. The topological polar surface area (TPSA) is 29.5 Å². The minimum Gasteiger partial charge on any atom is -0.495 e. The molecule has 0 heterocycles. The summed E-state index contributed by atoms with van der Waals surface area (Å²) in [4.78, 5) is 0. The summed E-state index contributed by atoms with van der Waals surface area (Å²) < 4.78 is 43.3. The van der Waals surface area contributed by atoms with Gasteiger partial charge in [-0.15, -0.1) is 0 Å². The highest BCUT2D eigenvalue weighted by Crippen LogP contribution is 2.41. The second-order valence-electron chi connectivity index (χ2n) is 3.48. The van der Waals surface area contributed by atoms with Crippen molar-refractivity contribution in [3.63, 3.8) is 0 Å². The molecule has 17 heavy (non-hydrogen) atoms. The van der Waals surface area contributed by atoms with E-state index in [2.05, 4.69) is 15.9 Å². The maximum atomic E-state index is 12.8. The van der Waals surface area contributed by atoms with Crippen LogP contribution in [-0.4, -0.2) is 18.8 Å². The lowest BCUT2D eigenvalue weighted by Crippen LogP contribution is -2.09. The Balaban J connectivity index is 3.19. The summed E-state index contributed by atoms with van der Waals surface area (Å²) in [6, 6.07) is 2.63. The summed E-state index contributed by atoms with van der Waals surface area (Å²) in [6.07, 6.45) is -3.64. The van der Waals surface area contributed by atoms with Crippen molar-refractivity contribution in [3.8, 4) is 5.75 Å². The number of ether oxygens (including phenoxy) is 1. The van der Waals surface area contributed by atoms with Crippen LogP contribution < -0.4 is 4.74 Å². The number of aryl methyl sites for hydroxylation is 1. The number of aliphatic hydroxyl groups excluding tert-OH is 1. The Bertz CT molecular complexity index is 391. The summed E-state index contributed by atoms with van der Waals surface area (Å²) in [5.41, 5.74) is -0.290. The molecule has 1 rings (SSSR count). The molecule has 0 bridgehead atoms. The van der Waals surface area contributed by atoms with E-state index in [1.165, 1.54) is 7.11 Å². The molecule has 2 nitrogen and oxygen atoms in total. The van der Waals surface area contributed by atoms with Gasteiger partial charge in [-0.25, -0.2) is 0 Å². The number of benzene rings is 1. The fourth-order valence-electron chi connectivity index (χ4n) is 1.50. The monoisotopic (exact) mass is 312 g/mol. The van der Waals surface area contributed by atoms with Gasteiger partial charge < -0.3 is 9.84 Å². The first-order valence-corrected chi connectivity index (χ1v) is 5.74. The lowest BCUT2D eigenvalue weighted by Gasteiger charge is -2.15. The lowest BCUT2D eigenvalue weighted by molar-refractivity contribution is -0.138. The number of halogens is 4. The summed E-state index contributed by atoms with van der Waals surface area (Å²) in [5, 5.41) is 8.67. The standard InChI is InChI=1S/C11H12BrF3O2/c1-17-10-8(11(13,14)15)5-7(3-2-4-16)6-9(10)12/h5-6,16H,2-4H2,1H3. The zero-order valence-corrected chi connectivity index (χ0v) is 10.7. The first kappa shape index (κ1) is 14.3. The van der Waals surface area contributed by atoms with Crippen LogP contribution in [0.3, 0.4) is 0 Å². The second-order valence-corrected chi connectivity index (χ2v) is 4.34. The van der Waals surface area contributed by atoms with Gasteiger partial charge in [0.25, 0.3) is 0 Å². The fraction of sp³-hybridized carbons (Fsp3) is 0.455. The van der Waals surface area contributed by atoms with Gasteiger partial charge in [-0.05, 0) is 46.5 Å². The van der Waals surface area contributed by atoms with E-state index in [-0.39, 0.29) is 16.8 Å². The van der Waals surface area contributed by atoms with Gasteiger partial charge in [0.1, 0.15) is 5.75 Å². The van der Waals surface area contributed by atoms with Crippen molar-refractivity contribution >= 4 is 15.9 Å². The molecular weight excluding hydrogens is 301 g/mol. The molecule has 1 aromatic carbocycles. The summed E-state index contributed by atoms with van der Waals surface area (Å²) in [7, 11) is 1.20.